The Balaban J connectivity index is 1.69. The van der Waals surface area contributed by atoms with Gasteiger partial charge in [-0.3, -0.25) is 0 Å². The molecule has 0 saturated carbocycles. The molecule has 3 N–H and O–H groups in total. The molecular weight excluding hydrogens is 272 g/mol. The van der Waals surface area contributed by atoms with E-state index in [1.165, 1.54) is 0 Å². The second kappa shape index (κ2) is 5.84. The van der Waals surface area contributed by atoms with E-state index in [1.807, 2.05) is 18.2 Å². The van der Waals surface area contributed by atoms with E-state index < -0.39 is 0 Å². The van der Waals surface area contributed by atoms with Gasteiger partial charge in [0, 0.05) is 19.7 Å². The Bertz CT molecular complexity index is 648. The first kappa shape index (κ1) is 13.4. The fourth-order valence-electron chi connectivity index (χ4n) is 2.05. The van der Waals surface area contributed by atoms with Gasteiger partial charge >= 0.3 is 0 Å². The van der Waals surface area contributed by atoms with Crippen LogP contribution in [-0.2, 0) is 17.9 Å². The van der Waals surface area contributed by atoms with Crippen LogP contribution < -0.4 is 20.5 Å². The quantitative estimate of drug-likeness (QED) is 0.862. The number of rotatable bonds is 5. The number of nitrogens with zero attached hydrogens (tertiary/aromatic N) is 2. The summed E-state index contributed by atoms with van der Waals surface area (Å²) in [4.78, 5) is 8.42. The normalized spacial score (nSPS) is 12.4. The van der Waals surface area contributed by atoms with Crippen LogP contribution in [0.3, 0.4) is 0 Å². The summed E-state index contributed by atoms with van der Waals surface area (Å²) in [6.07, 6.45) is 0. The Labute approximate surface area is 122 Å². The lowest BCUT2D eigenvalue weighted by molar-refractivity contribution is 0.174. The molecule has 1 aromatic carbocycles. The zero-order valence-electron chi connectivity index (χ0n) is 11.6. The van der Waals surface area contributed by atoms with E-state index in [2.05, 4.69) is 15.3 Å². The molecule has 0 radical (unpaired) electrons. The van der Waals surface area contributed by atoms with Crippen molar-refractivity contribution in [3.8, 4) is 11.5 Å². The van der Waals surface area contributed by atoms with Gasteiger partial charge in [-0.2, -0.15) is 0 Å². The first-order valence-corrected chi connectivity index (χ1v) is 6.49. The van der Waals surface area contributed by atoms with Gasteiger partial charge in [0.1, 0.15) is 18.2 Å². The van der Waals surface area contributed by atoms with Gasteiger partial charge in [-0.05, 0) is 17.7 Å². The molecule has 1 aromatic heterocycles. The molecule has 0 spiro atoms. The van der Waals surface area contributed by atoms with Crippen molar-refractivity contribution in [2.45, 2.75) is 13.2 Å². The standard InChI is InChI=1S/C14H16N4O3/c1-19-7-14-17-12(15)5-13(18-14)16-6-9-2-3-10-11(4-9)21-8-20-10/h2-5H,6-8H2,1H3,(H3,15,16,17,18). The minimum atomic E-state index is 0.273. The molecule has 0 saturated heterocycles. The number of fused-ring (bicyclic) bond motifs is 1. The van der Waals surface area contributed by atoms with Crippen molar-refractivity contribution in [2.24, 2.45) is 0 Å². The SMILES string of the molecule is COCc1nc(N)cc(NCc2ccc3c(c2)OCO3)n1. The van der Waals surface area contributed by atoms with Crippen molar-refractivity contribution in [2.75, 3.05) is 25.0 Å². The molecule has 3 rings (SSSR count). The molecule has 7 nitrogen and oxygen atoms in total. The monoisotopic (exact) mass is 288 g/mol. The van der Waals surface area contributed by atoms with Crippen LogP contribution in [0.2, 0.25) is 0 Å². The lowest BCUT2D eigenvalue weighted by Crippen LogP contribution is -2.07. The number of methoxy groups -OCH3 is 1. The first-order chi connectivity index (χ1) is 10.2. The number of hydrogen-bond donors (Lipinski definition) is 2. The molecule has 2 aromatic rings. The molecule has 0 unspecified atom stereocenters. The first-order valence-electron chi connectivity index (χ1n) is 6.49. The fraction of sp³-hybridized carbons (Fsp3) is 0.286. The lowest BCUT2D eigenvalue weighted by atomic mass is 10.2. The van der Waals surface area contributed by atoms with Gasteiger partial charge < -0.3 is 25.3 Å². The average Bonchev–Trinajstić information content (AvgIpc) is 2.92. The smallest absolute Gasteiger partial charge is 0.231 e. The lowest BCUT2D eigenvalue weighted by Gasteiger charge is -2.08. The summed E-state index contributed by atoms with van der Waals surface area (Å²) in [5.41, 5.74) is 6.81. The molecule has 1 aliphatic heterocycles. The summed E-state index contributed by atoms with van der Waals surface area (Å²) < 4.78 is 15.6. The number of nitrogen functional groups attached to an aromatic ring is 1. The second-order valence-corrected chi connectivity index (χ2v) is 4.57. The Morgan fingerprint density at radius 2 is 2.10 bits per heavy atom. The van der Waals surface area contributed by atoms with Crippen LogP contribution in [0.1, 0.15) is 11.4 Å². The second-order valence-electron chi connectivity index (χ2n) is 4.57. The average molecular weight is 288 g/mol. The molecule has 0 aliphatic carbocycles. The highest BCUT2D eigenvalue weighted by molar-refractivity contribution is 5.47. The van der Waals surface area contributed by atoms with Crippen LogP contribution in [0.15, 0.2) is 24.3 Å². The highest BCUT2D eigenvalue weighted by Crippen LogP contribution is 2.32. The van der Waals surface area contributed by atoms with Gasteiger partial charge in [-0.1, -0.05) is 6.07 Å². The van der Waals surface area contributed by atoms with Crippen LogP contribution in [0, 0.1) is 0 Å². The molecule has 1 aliphatic rings. The minimum Gasteiger partial charge on any atom is -0.454 e. The number of hydrogen-bond acceptors (Lipinski definition) is 7. The molecule has 0 amide bonds. The maximum atomic E-state index is 5.75. The van der Waals surface area contributed by atoms with Crippen LogP contribution in [0.5, 0.6) is 11.5 Å². The van der Waals surface area contributed by atoms with E-state index in [9.17, 15) is 0 Å². The van der Waals surface area contributed by atoms with Gasteiger partial charge in [0.15, 0.2) is 17.3 Å². The largest absolute Gasteiger partial charge is 0.454 e. The van der Waals surface area contributed by atoms with E-state index in [0.717, 1.165) is 17.1 Å². The van der Waals surface area contributed by atoms with Crippen LogP contribution in [0.25, 0.3) is 0 Å². The zero-order valence-corrected chi connectivity index (χ0v) is 11.6. The number of nitrogens with two attached hydrogens (primary N) is 1. The molecule has 7 heteroatoms. The Hall–Kier alpha value is -2.54. The Kier molecular flexibility index (Phi) is 3.74. The van der Waals surface area contributed by atoms with E-state index >= 15 is 0 Å². The third-order valence-corrected chi connectivity index (χ3v) is 2.98. The maximum Gasteiger partial charge on any atom is 0.231 e. The summed E-state index contributed by atoms with van der Waals surface area (Å²) in [6, 6.07) is 7.49. The Morgan fingerprint density at radius 1 is 1.24 bits per heavy atom. The number of aromatic nitrogens is 2. The number of ether oxygens (including phenoxy) is 3. The van der Waals surface area contributed by atoms with Crippen molar-refractivity contribution in [3.05, 3.63) is 35.7 Å². The topological polar surface area (TPSA) is 91.5 Å². The van der Waals surface area contributed by atoms with Gasteiger partial charge in [0.2, 0.25) is 6.79 Å². The summed E-state index contributed by atoms with van der Waals surface area (Å²) in [7, 11) is 1.59. The molecule has 2 heterocycles. The Morgan fingerprint density at radius 3 is 2.95 bits per heavy atom. The van der Waals surface area contributed by atoms with E-state index in [1.54, 1.807) is 13.2 Å². The maximum absolute atomic E-state index is 5.75. The van der Waals surface area contributed by atoms with Crippen molar-refractivity contribution in [1.29, 1.82) is 0 Å². The summed E-state index contributed by atoms with van der Waals surface area (Å²) >= 11 is 0. The highest BCUT2D eigenvalue weighted by Gasteiger charge is 2.13. The molecular formula is C14H16N4O3. The van der Waals surface area contributed by atoms with Crippen molar-refractivity contribution >= 4 is 11.6 Å². The predicted octanol–water partition coefficient (Wildman–Crippen LogP) is 1.55. The van der Waals surface area contributed by atoms with Crippen LogP contribution >= 0.6 is 0 Å². The summed E-state index contributed by atoms with van der Waals surface area (Å²) in [5.74, 6) is 3.15. The third-order valence-electron chi connectivity index (χ3n) is 2.98. The van der Waals surface area contributed by atoms with E-state index in [0.29, 0.717) is 30.6 Å². The minimum absolute atomic E-state index is 0.273. The molecule has 21 heavy (non-hydrogen) atoms. The number of nitrogens with one attached hydrogen (secondary N) is 1. The molecule has 0 atom stereocenters. The molecule has 0 bridgehead atoms. The van der Waals surface area contributed by atoms with Gasteiger partial charge in [0.05, 0.1) is 0 Å². The van der Waals surface area contributed by atoms with Crippen molar-refractivity contribution in [3.63, 3.8) is 0 Å². The highest BCUT2D eigenvalue weighted by atomic mass is 16.7. The van der Waals surface area contributed by atoms with Crippen LogP contribution in [-0.4, -0.2) is 23.9 Å². The summed E-state index contributed by atoms with van der Waals surface area (Å²) in [6.45, 7) is 1.19. The molecule has 0 fully saturated rings. The van der Waals surface area contributed by atoms with Crippen LogP contribution in [0.4, 0.5) is 11.6 Å². The number of anilines is 2. The van der Waals surface area contributed by atoms with E-state index in [4.69, 9.17) is 19.9 Å². The van der Waals surface area contributed by atoms with Gasteiger partial charge in [-0.25, -0.2) is 9.97 Å². The zero-order chi connectivity index (χ0) is 14.7. The van der Waals surface area contributed by atoms with Crippen molar-refractivity contribution in [1.82, 2.24) is 9.97 Å². The van der Waals surface area contributed by atoms with Gasteiger partial charge in [-0.15, -0.1) is 0 Å². The molecule has 110 valence electrons. The fourth-order valence-corrected chi connectivity index (χ4v) is 2.05. The predicted molar refractivity (Wildman–Crippen MR) is 77.0 cm³/mol. The third kappa shape index (κ3) is 3.14. The van der Waals surface area contributed by atoms with E-state index in [-0.39, 0.29) is 6.79 Å². The summed E-state index contributed by atoms with van der Waals surface area (Å²) in [5, 5.41) is 3.21. The van der Waals surface area contributed by atoms with Crippen molar-refractivity contribution < 1.29 is 14.2 Å². The number of benzene rings is 1. The van der Waals surface area contributed by atoms with Gasteiger partial charge in [0.25, 0.3) is 0 Å².